The van der Waals surface area contributed by atoms with Crippen molar-refractivity contribution in [1.82, 2.24) is 4.98 Å². The lowest BCUT2D eigenvalue weighted by Gasteiger charge is -2.12. The number of ether oxygens (including phenoxy) is 1. The van der Waals surface area contributed by atoms with E-state index in [0.29, 0.717) is 12.0 Å². The second kappa shape index (κ2) is 3.89. The summed E-state index contributed by atoms with van der Waals surface area (Å²) in [7, 11) is 0. The third kappa shape index (κ3) is 2.08. The van der Waals surface area contributed by atoms with E-state index in [4.69, 9.17) is 4.74 Å². The third-order valence-corrected chi connectivity index (χ3v) is 3.16. The molecule has 0 aliphatic heterocycles. The Kier molecular flexibility index (Phi) is 2.77. The van der Waals surface area contributed by atoms with Gasteiger partial charge in [0.25, 0.3) is 0 Å². The predicted octanol–water partition coefficient (Wildman–Crippen LogP) is 3.51. The molecular formula is C11H14BrNO. The van der Waals surface area contributed by atoms with Gasteiger partial charge in [0.2, 0.25) is 0 Å². The normalized spacial score (nSPS) is 16.0. The average Bonchev–Trinajstić information content (AvgIpc) is 2.92. The SMILES string of the molecule is CC(C)c1cncc(OC2CC2)c1Br. The van der Waals surface area contributed by atoms with Crippen LogP contribution in [0.2, 0.25) is 0 Å². The van der Waals surface area contributed by atoms with E-state index < -0.39 is 0 Å². The fourth-order valence-electron chi connectivity index (χ4n) is 1.29. The maximum atomic E-state index is 5.74. The van der Waals surface area contributed by atoms with Crippen molar-refractivity contribution in [2.24, 2.45) is 0 Å². The quantitative estimate of drug-likeness (QED) is 0.825. The van der Waals surface area contributed by atoms with Crippen molar-refractivity contribution in [2.75, 3.05) is 0 Å². The van der Waals surface area contributed by atoms with Crippen molar-refractivity contribution in [3.8, 4) is 5.75 Å². The fraction of sp³-hybridized carbons (Fsp3) is 0.545. The first-order valence-corrected chi connectivity index (χ1v) is 5.78. The van der Waals surface area contributed by atoms with Crippen LogP contribution in [0, 0.1) is 0 Å². The van der Waals surface area contributed by atoms with Gasteiger partial charge >= 0.3 is 0 Å². The molecule has 76 valence electrons. The summed E-state index contributed by atoms with van der Waals surface area (Å²) in [6, 6.07) is 0. The first kappa shape index (κ1) is 9.97. The molecule has 0 spiro atoms. The largest absolute Gasteiger partial charge is 0.488 e. The molecule has 14 heavy (non-hydrogen) atoms. The number of nitrogens with zero attached hydrogens (tertiary/aromatic N) is 1. The van der Waals surface area contributed by atoms with Crippen molar-refractivity contribution in [3.63, 3.8) is 0 Å². The molecule has 2 rings (SSSR count). The highest BCUT2D eigenvalue weighted by molar-refractivity contribution is 9.10. The Morgan fingerprint density at radius 3 is 2.71 bits per heavy atom. The van der Waals surface area contributed by atoms with Crippen LogP contribution in [-0.4, -0.2) is 11.1 Å². The Balaban J connectivity index is 2.25. The lowest BCUT2D eigenvalue weighted by molar-refractivity contribution is 0.299. The Bertz CT molecular complexity index is 334. The maximum Gasteiger partial charge on any atom is 0.152 e. The molecule has 1 fully saturated rings. The number of pyridine rings is 1. The van der Waals surface area contributed by atoms with Crippen LogP contribution >= 0.6 is 15.9 Å². The average molecular weight is 256 g/mol. The molecule has 1 saturated carbocycles. The van der Waals surface area contributed by atoms with Crippen LogP contribution < -0.4 is 4.74 Å². The van der Waals surface area contributed by atoms with Gasteiger partial charge in [-0.3, -0.25) is 4.98 Å². The van der Waals surface area contributed by atoms with E-state index in [-0.39, 0.29) is 0 Å². The third-order valence-electron chi connectivity index (χ3n) is 2.32. The van der Waals surface area contributed by atoms with Crippen molar-refractivity contribution >= 4 is 15.9 Å². The van der Waals surface area contributed by atoms with E-state index in [9.17, 15) is 0 Å². The number of halogens is 1. The van der Waals surface area contributed by atoms with E-state index >= 15 is 0 Å². The van der Waals surface area contributed by atoms with Gasteiger partial charge in [-0.1, -0.05) is 13.8 Å². The summed E-state index contributed by atoms with van der Waals surface area (Å²) in [6.45, 7) is 4.31. The zero-order valence-electron chi connectivity index (χ0n) is 8.46. The zero-order valence-corrected chi connectivity index (χ0v) is 10.0. The van der Waals surface area contributed by atoms with Crippen LogP contribution in [0.5, 0.6) is 5.75 Å². The van der Waals surface area contributed by atoms with Gasteiger partial charge in [-0.2, -0.15) is 0 Å². The summed E-state index contributed by atoms with van der Waals surface area (Å²) >= 11 is 3.57. The minimum absolute atomic E-state index is 0.426. The summed E-state index contributed by atoms with van der Waals surface area (Å²) in [5.74, 6) is 1.36. The molecule has 0 atom stereocenters. The van der Waals surface area contributed by atoms with Crippen LogP contribution in [0.4, 0.5) is 0 Å². The molecule has 1 aromatic heterocycles. The molecule has 0 radical (unpaired) electrons. The van der Waals surface area contributed by atoms with Gasteiger partial charge < -0.3 is 4.74 Å². The second-order valence-corrected chi connectivity index (χ2v) is 4.81. The molecule has 3 heteroatoms. The van der Waals surface area contributed by atoms with E-state index in [1.54, 1.807) is 6.20 Å². The number of rotatable bonds is 3. The highest BCUT2D eigenvalue weighted by Gasteiger charge is 2.25. The maximum absolute atomic E-state index is 5.74. The summed E-state index contributed by atoms with van der Waals surface area (Å²) in [4.78, 5) is 4.19. The molecule has 1 heterocycles. The van der Waals surface area contributed by atoms with E-state index in [1.165, 1.54) is 18.4 Å². The Labute approximate surface area is 92.8 Å². The minimum Gasteiger partial charge on any atom is -0.488 e. The molecular weight excluding hydrogens is 242 g/mol. The van der Waals surface area contributed by atoms with E-state index in [1.807, 2.05) is 6.20 Å². The van der Waals surface area contributed by atoms with Gasteiger partial charge in [-0.15, -0.1) is 0 Å². The summed E-state index contributed by atoms with van der Waals surface area (Å²) < 4.78 is 6.80. The fourth-order valence-corrected chi connectivity index (χ4v) is 2.05. The molecule has 0 unspecified atom stereocenters. The molecule has 0 bridgehead atoms. The second-order valence-electron chi connectivity index (χ2n) is 4.01. The summed E-state index contributed by atoms with van der Waals surface area (Å²) in [6.07, 6.45) is 6.47. The Morgan fingerprint density at radius 2 is 2.14 bits per heavy atom. The topological polar surface area (TPSA) is 22.1 Å². The van der Waals surface area contributed by atoms with Crippen molar-refractivity contribution in [1.29, 1.82) is 0 Å². The molecule has 1 aliphatic rings. The molecule has 0 amide bonds. The molecule has 0 aromatic carbocycles. The summed E-state index contributed by atoms with van der Waals surface area (Å²) in [5, 5.41) is 0. The van der Waals surface area contributed by atoms with Crippen LogP contribution in [-0.2, 0) is 0 Å². The van der Waals surface area contributed by atoms with Gasteiger partial charge in [-0.05, 0) is 40.3 Å². The molecule has 0 saturated heterocycles. The Morgan fingerprint density at radius 1 is 1.43 bits per heavy atom. The van der Waals surface area contributed by atoms with Crippen LogP contribution in [0.3, 0.4) is 0 Å². The van der Waals surface area contributed by atoms with Crippen LogP contribution in [0.1, 0.15) is 38.2 Å². The van der Waals surface area contributed by atoms with E-state index in [2.05, 4.69) is 34.8 Å². The van der Waals surface area contributed by atoms with Crippen LogP contribution in [0.25, 0.3) is 0 Å². The zero-order chi connectivity index (χ0) is 10.1. The van der Waals surface area contributed by atoms with E-state index in [0.717, 1.165) is 10.2 Å². The number of hydrogen-bond acceptors (Lipinski definition) is 2. The van der Waals surface area contributed by atoms with Crippen molar-refractivity contribution < 1.29 is 4.74 Å². The molecule has 1 aromatic rings. The monoisotopic (exact) mass is 255 g/mol. The number of hydrogen-bond donors (Lipinski definition) is 0. The molecule has 2 nitrogen and oxygen atoms in total. The standard InChI is InChI=1S/C11H14BrNO/c1-7(2)9-5-13-6-10(11(9)12)14-8-3-4-8/h5-8H,3-4H2,1-2H3. The van der Waals surface area contributed by atoms with Gasteiger partial charge in [0, 0.05) is 6.20 Å². The Hall–Kier alpha value is -0.570. The highest BCUT2D eigenvalue weighted by atomic mass is 79.9. The molecule has 0 N–H and O–H groups in total. The first-order chi connectivity index (χ1) is 6.68. The minimum atomic E-state index is 0.426. The highest BCUT2D eigenvalue weighted by Crippen LogP contribution is 2.35. The van der Waals surface area contributed by atoms with Crippen molar-refractivity contribution in [3.05, 3.63) is 22.4 Å². The van der Waals surface area contributed by atoms with Crippen LogP contribution in [0.15, 0.2) is 16.9 Å². The lowest BCUT2D eigenvalue weighted by atomic mass is 10.1. The lowest BCUT2D eigenvalue weighted by Crippen LogP contribution is -2.00. The summed E-state index contributed by atoms with van der Waals surface area (Å²) in [5.41, 5.74) is 1.21. The first-order valence-electron chi connectivity index (χ1n) is 4.98. The molecule has 1 aliphatic carbocycles. The van der Waals surface area contributed by atoms with Crippen molar-refractivity contribution in [2.45, 2.75) is 38.7 Å². The van der Waals surface area contributed by atoms with Gasteiger partial charge in [0.05, 0.1) is 16.8 Å². The van der Waals surface area contributed by atoms with Gasteiger partial charge in [-0.25, -0.2) is 0 Å². The van der Waals surface area contributed by atoms with Gasteiger partial charge in [0.1, 0.15) is 0 Å². The predicted molar refractivity (Wildman–Crippen MR) is 59.7 cm³/mol. The van der Waals surface area contributed by atoms with Gasteiger partial charge in [0.15, 0.2) is 5.75 Å². The number of aromatic nitrogens is 1. The smallest absolute Gasteiger partial charge is 0.152 e.